The summed E-state index contributed by atoms with van der Waals surface area (Å²) in [6.07, 6.45) is 4.98. The van der Waals surface area contributed by atoms with Crippen LogP contribution in [0.2, 0.25) is 0 Å². The van der Waals surface area contributed by atoms with Gasteiger partial charge >= 0.3 is 0 Å². The summed E-state index contributed by atoms with van der Waals surface area (Å²) in [6, 6.07) is 2.47. The third kappa shape index (κ3) is 3.06. The Kier molecular flexibility index (Phi) is 3.90. The number of nitrogens with zero attached hydrogens (tertiary/aromatic N) is 1. The second-order valence-corrected chi connectivity index (χ2v) is 5.43. The predicted molar refractivity (Wildman–Crippen MR) is 62.9 cm³/mol. The van der Waals surface area contributed by atoms with Crippen LogP contribution in [0.4, 0.5) is 0 Å². The molecule has 2 nitrogen and oxygen atoms in total. The lowest BCUT2D eigenvalue weighted by molar-refractivity contribution is 0.180. The second kappa shape index (κ2) is 4.79. The van der Waals surface area contributed by atoms with Crippen molar-refractivity contribution in [2.45, 2.75) is 52.9 Å². The predicted octanol–water partition coefficient (Wildman–Crippen LogP) is 3.77. The van der Waals surface area contributed by atoms with Gasteiger partial charge in [-0.15, -0.1) is 0 Å². The fraction of sp³-hybridized carbons (Fsp3) is 0.846. The normalized spacial score (nSPS) is 31.3. The minimum Gasteiger partial charge on any atom is -0.310 e. The van der Waals surface area contributed by atoms with Crippen LogP contribution in [0.15, 0.2) is 0 Å². The van der Waals surface area contributed by atoms with Gasteiger partial charge in [-0.25, -0.2) is 0 Å². The van der Waals surface area contributed by atoms with Crippen molar-refractivity contribution in [2.75, 3.05) is 0 Å². The molecule has 0 aromatic rings. The Morgan fingerprint density at radius 2 is 2.00 bits per heavy atom. The zero-order chi connectivity index (χ0) is 11.5. The smallest absolute Gasteiger partial charge is 0.0693 e. The molecular formula is C13H22N2. The molecule has 1 rings (SSSR count). The fourth-order valence-electron chi connectivity index (χ4n) is 2.70. The molecule has 0 atom stereocenters. The van der Waals surface area contributed by atoms with Gasteiger partial charge in [-0.1, -0.05) is 13.8 Å². The largest absolute Gasteiger partial charge is 0.310 e. The lowest BCUT2D eigenvalue weighted by atomic mass is 9.67. The molecule has 0 aromatic carbocycles. The Morgan fingerprint density at radius 1 is 1.47 bits per heavy atom. The molecule has 1 N–H and O–H groups in total. The monoisotopic (exact) mass is 206 g/mol. The summed E-state index contributed by atoms with van der Waals surface area (Å²) in [4.78, 5) is 0. The van der Waals surface area contributed by atoms with Gasteiger partial charge in [-0.3, -0.25) is 0 Å². The minimum atomic E-state index is -0.211. The van der Waals surface area contributed by atoms with Crippen LogP contribution < -0.4 is 0 Å². The summed E-state index contributed by atoms with van der Waals surface area (Å²) >= 11 is 0. The molecule has 0 bridgehead atoms. The van der Waals surface area contributed by atoms with Gasteiger partial charge in [0.1, 0.15) is 0 Å². The number of nitrogens with one attached hydrogen (secondary N) is 1. The van der Waals surface area contributed by atoms with Crippen LogP contribution in [-0.4, -0.2) is 5.71 Å². The summed E-state index contributed by atoms with van der Waals surface area (Å²) < 4.78 is 0. The van der Waals surface area contributed by atoms with Gasteiger partial charge in [0.25, 0.3) is 0 Å². The molecule has 1 aliphatic rings. The van der Waals surface area contributed by atoms with Gasteiger partial charge in [0, 0.05) is 12.1 Å². The van der Waals surface area contributed by atoms with E-state index in [1.807, 2.05) is 6.92 Å². The first kappa shape index (κ1) is 12.2. The molecule has 84 valence electrons. The van der Waals surface area contributed by atoms with E-state index in [9.17, 15) is 5.26 Å². The van der Waals surface area contributed by atoms with E-state index in [0.29, 0.717) is 12.1 Å². The van der Waals surface area contributed by atoms with E-state index < -0.39 is 0 Å². The summed E-state index contributed by atoms with van der Waals surface area (Å²) in [5, 5.41) is 16.8. The molecule has 0 radical (unpaired) electrons. The summed E-state index contributed by atoms with van der Waals surface area (Å²) in [6.45, 7) is 6.35. The van der Waals surface area contributed by atoms with E-state index in [2.05, 4.69) is 19.9 Å². The number of hydrogen-bond acceptors (Lipinski definition) is 2. The highest BCUT2D eigenvalue weighted by atomic mass is 14.5. The third-order valence-electron chi connectivity index (χ3n) is 3.77. The van der Waals surface area contributed by atoms with E-state index in [4.69, 9.17) is 5.41 Å². The van der Waals surface area contributed by atoms with Gasteiger partial charge in [-0.05, 0) is 44.4 Å². The molecule has 1 aliphatic carbocycles. The molecule has 0 saturated heterocycles. The van der Waals surface area contributed by atoms with Crippen LogP contribution in [0, 0.1) is 34.0 Å². The van der Waals surface area contributed by atoms with Crippen LogP contribution in [0.1, 0.15) is 52.9 Å². The molecule has 0 heterocycles. The average molecular weight is 206 g/mol. The van der Waals surface area contributed by atoms with E-state index in [1.54, 1.807) is 0 Å². The first-order valence-electron chi connectivity index (χ1n) is 5.94. The standard InChI is InChI=1S/C13H22N2/c1-10(2)12-4-6-13(9-14,7-5-12)8-11(3)15/h10,12,15H,4-8H2,1-3H3. The maximum absolute atomic E-state index is 9.27. The Bertz CT molecular complexity index is 265. The Labute approximate surface area is 93.2 Å². The van der Waals surface area contributed by atoms with E-state index in [0.717, 1.165) is 24.7 Å². The highest BCUT2D eigenvalue weighted by molar-refractivity contribution is 5.79. The molecule has 15 heavy (non-hydrogen) atoms. The average Bonchev–Trinajstić information content (AvgIpc) is 2.17. The molecule has 0 aliphatic heterocycles. The summed E-state index contributed by atoms with van der Waals surface area (Å²) in [5.74, 6) is 1.53. The molecule has 0 unspecified atom stereocenters. The van der Waals surface area contributed by atoms with Crippen molar-refractivity contribution < 1.29 is 0 Å². The van der Waals surface area contributed by atoms with Crippen molar-refractivity contribution in [3.8, 4) is 6.07 Å². The van der Waals surface area contributed by atoms with Gasteiger partial charge in [0.15, 0.2) is 0 Å². The molecule has 2 heteroatoms. The molecule has 0 amide bonds. The van der Waals surface area contributed by atoms with Crippen molar-refractivity contribution in [2.24, 2.45) is 17.3 Å². The molecular weight excluding hydrogens is 184 g/mol. The topological polar surface area (TPSA) is 47.6 Å². The number of hydrogen-bond donors (Lipinski definition) is 1. The van der Waals surface area contributed by atoms with Crippen LogP contribution >= 0.6 is 0 Å². The molecule has 1 fully saturated rings. The number of nitriles is 1. The number of rotatable bonds is 3. The third-order valence-corrected chi connectivity index (χ3v) is 3.77. The minimum absolute atomic E-state index is 0.211. The van der Waals surface area contributed by atoms with Gasteiger partial charge in [0.2, 0.25) is 0 Å². The summed E-state index contributed by atoms with van der Waals surface area (Å²) in [5.41, 5.74) is 0.441. The highest BCUT2D eigenvalue weighted by Crippen LogP contribution is 2.43. The Morgan fingerprint density at radius 3 is 2.33 bits per heavy atom. The SMILES string of the molecule is CC(=N)CC1(C#N)CCC(C(C)C)CC1. The first-order valence-corrected chi connectivity index (χ1v) is 5.94. The van der Waals surface area contributed by atoms with Crippen LogP contribution in [0.3, 0.4) is 0 Å². The fourth-order valence-corrected chi connectivity index (χ4v) is 2.70. The van der Waals surface area contributed by atoms with Gasteiger partial charge in [0.05, 0.1) is 11.5 Å². The maximum Gasteiger partial charge on any atom is 0.0693 e. The van der Waals surface area contributed by atoms with Crippen molar-refractivity contribution in [1.82, 2.24) is 0 Å². The van der Waals surface area contributed by atoms with Crippen LogP contribution in [-0.2, 0) is 0 Å². The van der Waals surface area contributed by atoms with Crippen molar-refractivity contribution in [1.29, 1.82) is 10.7 Å². The van der Waals surface area contributed by atoms with E-state index in [-0.39, 0.29) is 5.41 Å². The molecule has 1 saturated carbocycles. The Balaban J connectivity index is 2.59. The quantitative estimate of drug-likeness (QED) is 0.702. The van der Waals surface area contributed by atoms with Crippen molar-refractivity contribution in [3.63, 3.8) is 0 Å². The van der Waals surface area contributed by atoms with Crippen molar-refractivity contribution in [3.05, 3.63) is 0 Å². The van der Waals surface area contributed by atoms with E-state index >= 15 is 0 Å². The Hall–Kier alpha value is -0.840. The summed E-state index contributed by atoms with van der Waals surface area (Å²) in [7, 11) is 0. The zero-order valence-electron chi connectivity index (χ0n) is 10.1. The van der Waals surface area contributed by atoms with Crippen LogP contribution in [0.5, 0.6) is 0 Å². The highest BCUT2D eigenvalue weighted by Gasteiger charge is 2.36. The zero-order valence-corrected chi connectivity index (χ0v) is 10.1. The second-order valence-electron chi connectivity index (χ2n) is 5.43. The van der Waals surface area contributed by atoms with Crippen LogP contribution in [0.25, 0.3) is 0 Å². The molecule has 0 aromatic heterocycles. The lowest BCUT2D eigenvalue weighted by Crippen LogP contribution is -2.29. The lowest BCUT2D eigenvalue weighted by Gasteiger charge is -2.36. The first-order chi connectivity index (χ1) is 6.99. The van der Waals surface area contributed by atoms with Gasteiger partial charge < -0.3 is 5.41 Å². The van der Waals surface area contributed by atoms with Crippen molar-refractivity contribution >= 4 is 5.71 Å². The molecule has 0 spiro atoms. The maximum atomic E-state index is 9.27. The van der Waals surface area contributed by atoms with E-state index in [1.165, 1.54) is 12.8 Å². The van der Waals surface area contributed by atoms with Gasteiger partial charge in [-0.2, -0.15) is 5.26 Å².